The van der Waals surface area contributed by atoms with Crippen molar-refractivity contribution >= 4 is 12.2 Å². The third kappa shape index (κ3) is 3.24. The summed E-state index contributed by atoms with van der Waals surface area (Å²) in [6.45, 7) is 0. The van der Waals surface area contributed by atoms with Crippen molar-refractivity contribution < 1.29 is 0 Å². The standard InChI is InChI=1S/C16H13N5O/c22-15-14(13-9-5-2-6-10-13)19-21-16(18-15)20-17-11-12-7-3-1-4-8-12/h1-11H,(H2,18,20,21,22)/b17-11-. The maximum Gasteiger partial charge on any atom is 0.279 e. The van der Waals surface area contributed by atoms with E-state index < -0.39 is 0 Å². The molecule has 0 spiro atoms. The van der Waals surface area contributed by atoms with Gasteiger partial charge < -0.3 is 0 Å². The average Bonchev–Trinajstić information content (AvgIpc) is 2.57. The molecule has 0 saturated carbocycles. The monoisotopic (exact) mass is 291 g/mol. The Hall–Kier alpha value is -3.28. The van der Waals surface area contributed by atoms with Crippen molar-refractivity contribution in [2.24, 2.45) is 5.10 Å². The third-order valence-corrected chi connectivity index (χ3v) is 2.93. The van der Waals surface area contributed by atoms with Gasteiger partial charge in [0.05, 0.1) is 6.21 Å². The molecule has 0 bridgehead atoms. The highest BCUT2D eigenvalue weighted by Crippen LogP contribution is 2.10. The first-order chi connectivity index (χ1) is 10.8. The highest BCUT2D eigenvalue weighted by molar-refractivity contribution is 5.79. The third-order valence-electron chi connectivity index (χ3n) is 2.93. The van der Waals surface area contributed by atoms with Crippen LogP contribution in [0.3, 0.4) is 0 Å². The Labute approximate surface area is 126 Å². The zero-order chi connectivity index (χ0) is 15.2. The van der Waals surface area contributed by atoms with Gasteiger partial charge in [-0.05, 0) is 5.56 Å². The number of H-pyrrole nitrogens is 1. The predicted octanol–water partition coefficient (Wildman–Crippen LogP) is 2.28. The van der Waals surface area contributed by atoms with Crippen molar-refractivity contribution in [1.29, 1.82) is 0 Å². The van der Waals surface area contributed by atoms with E-state index in [-0.39, 0.29) is 17.2 Å². The van der Waals surface area contributed by atoms with Crippen LogP contribution in [-0.4, -0.2) is 21.4 Å². The molecule has 1 aromatic heterocycles. The van der Waals surface area contributed by atoms with Crippen LogP contribution in [0.1, 0.15) is 5.56 Å². The van der Waals surface area contributed by atoms with E-state index in [0.717, 1.165) is 11.1 Å². The van der Waals surface area contributed by atoms with Crippen LogP contribution >= 0.6 is 0 Å². The molecule has 2 aromatic carbocycles. The molecule has 0 fully saturated rings. The molecule has 3 aromatic rings. The Kier molecular flexibility index (Phi) is 4.01. The fourth-order valence-electron chi connectivity index (χ4n) is 1.88. The quantitative estimate of drug-likeness (QED) is 0.570. The molecule has 0 aliphatic rings. The van der Waals surface area contributed by atoms with Gasteiger partial charge in [0.15, 0.2) is 5.69 Å². The van der Waals surface area contributed by atoms with Crippen LogP contribution in [-0.2, 0) is 0 Å². The molecule has 0 aliphatic carbocycles. The van der Waals surface area contributed by atoms with Crippen LogP contribution in [0.25, 0.3) is 11.3 Å². The van der Waals surface area contributed by atoms with Gasteiger partial charge in [0, 0.05) is 5.56 Å². The number of anilines is 1. The van der Waals surface area contributed by atoms with Crippen molar-refractivity contribution in [2.45, 2.75) is 0 Å². The fourth-order valence-corrected chi connectivity index (χ4v) is 1.88. The van der Waals surface area contributed by atoms with Crippen molar-refractivity contribution in [3.05, 3.63) is 76.6 Å². The molecule has 0 saturated heterocycles. The summed E-state index contributed by atoms with van der Waals surface area (Å²) in [6.07, 6.45) is 1.63. The number of rotatable bonds is 4. The number of hydrogen-bond acceptors (Lipinski definition) is 5. The maximum absolute atomic E-state index is 12.0. The highest BCUT2D eigenvalue weighted by atomic mass is 16.1. The van der Waals surface area contributed by atoms with Crippen LogP contribution in [0.2, 0.25) is 0 Å². The lowest BCUT2D eigenvalue weighted by molar-refractivity contribution is 0.947. The van der Waals surface area contributed by atoms with Gasteiger partial charge in [-0.1, -0.05) is 60.7 Å². The van der Waals surface area contributed by atoms with Gasteiger partial charge in [0.2, 0.25) is 5.95 Å². The van der Waals surface area contributed by atoms with Gasteiger partial charge in [0.25, 0.3) is 5.56 Å². The first-order valence-electron chi connectivity index (χ1n) is 6.69. The lowest BCUT2D eigenvalue weighted by atomic mass is 10.2. The van der Waals surface area contributed by atoms with Crippen molar-refractivity contribution in [3.8, 4) is 11.3 Å². The topological polar surface area (TPSA) is 83.0 Å². The SMILES string of the molecule is O=c1[nH]c(N/N=C\c2ccccc2)nnc1-c1ccccc1. The number of aromatic nitrogens is 3. The average molecular weight is 291 g/mol. The molecule has 0 atom stereocenters. The molecule has 0 amide bonds. The summed E-state index contributed by atoms with van der Waals surface area (Å²) in [5.74, 6) is 0.192. The van der Waals surface area contributed by atoms with Gasteiger partial charge in [0.1, 0.15) is 0 Å². The Bertz CT molecular complexity index is 828. The van der Waals surface area contributed by atoms with Crippen LogP contribution in [0.15, 0.2) is 70.6 Å². The predicted molar refractivity (Wildman–Crippen MR) is 85.7 cm³/mol. The summed E-state index contributed by atoms with van der Waals surface area (Å²) >= 11 is 0. The number of aromatic amines is 1. The molecule has 0 radical (unpaired) electrons. The van der Waals surface area contributed by atoms with Crippen LogP contribution in [0.4, 0.5) is 5.95 Å². The van der Waals surface area contributed by atoms with Gasteiger partial charge in [-0.2, -0.15) is 5.10 Å². The Balaban J connectivity index is 1.76. The van der Waals surface area contributed by atoms with E-state index in [4.69, 9.17) is 0 Å². The molecule has 108 valence electrons. The first kappa shape index (κ1) is 13.7. The summed E-state index contributed by atoms with van der Waals surface area (Å²) < 4.78 is 0. The molecule has 3 rings (SSSR count). The summed E-state index contributed by atoms with van der Waals surface area (Å²) in [4.78, 5) is 14.6. The molecular formula is C16H13N5O. The largest absolute Gasteiger partial charge is 0.288 e. The van der Waals surface area contributed by atoms with E-state index >= 15 is 0 Å². The Morgan fingerprint density at radius 3 is 2.32 bits per heavy atom. The Morgan fingerprint density at radius 2 is 1.64 bits per heavy atom. The molecule has 0 unspecified atom stereocenters. The minimum atomic E-state index is -0.321. The van der Waals surface area contributed by atoms with E-state index in [1.54, 1.807) is 18.3 Å². The van der Waals surface area contributed by atoms with Crippen molar-refractivity contribution in [2.75, 3.05) is 5.43 Å². The second kappa shape index (κ2) is 6.45. The summed E-state index contributed by atoms with van der Waals surface area (Å²) in [7, 11) is 0. The lowest BCUT2D eigenvalue weighted by Crippen LogP contribution is -2.15. The van der Waals surface area contributed by atoms with E-state index in [9.17, 15) is 4.79 Å². The van der Waals surface area contributed by atoms with E-state index in [1.807, 2.05) is 48.5 Å². The highest BCUT2D eigenvalue weighted by Gasteiger charge is 2.06. The van der Waals surface area contributed by atoms with Gasteiger partial charge in [-0.25, -0.2) is 5.43 Å². The van der Waals surface area contributed by atoms with Gasteiger partial charge in [-0.3, -0.25) is 9.78 Å². The molecule has 22 heavy (non-hydrogen) atoms. The summed E-state index contributed by atoms with van der Waals surface area (Å²) in [6, 6.07) is 18.8. The zero-order valence-electron chi connectivity index (χ0n) is 11.6. The van der Waals surface area contributed by atoms with Crippen LogP contribution in [0, 0.1) is 0 Å². The molecule has 2 N–H and O–H groups in total. The number of hydrazone groups is 1. The van der Waals surface area contributed by atoms with Crippen molar-refractivity contribution in [3.63, 3.8) is 0 Å². The normalized spacial score (nSPS) is 10.7. The van der Waals surface area contributed by atoms with E-state index in [1.165, 1.54) is 0 Å². The molecule has 1 heterocycles. The molecule has 6 heteroatoms. The second-order valence-corrected chi connectivity index (χ2v) is 4.50. The van der Waals surface area contributed by atoms with Crippen molar-refractivity contribution in [1.82, 2.24) is 15.2 Å². The number of nitrogens with zero attached hydrogens (tertiary/aromatic N) is 3. The second-order valence-electron chi connectivity index (χ2n) is 4.50. The molecule has 6 nitrogen and oxygen atoms in total. The molecular weight excluding hydrogens is 278 g/mol. The maximum atomic E-state index is 12.0. The zero-order valence-corrected chi connectivity index (χ0v) is 11.6. The number of nitrogens with one attached hydrogen (secondary N) is 2. The van der Waals surface area contributed by atoms with E-state index in [0.29, 0.717) is 0 Å². The number of hydrogen-bond donors (Lipinski definition) is 2. The van der Waals surface area contributed by atoms with Gasteiger partial charge in [-0.15, -0.1) is 10.2 Å². The number of benzene rings is 2. The minimum absolute atomic E-state index is 0.192. The van der Waals surface area contributed by atoms with E-state index in [2.05, 4.69) is 25.7 Å². The minimum Gasteiger partial charge on any atom is -0.288 e. The van der Waals surface area contributed by atoms with Crippen LogP contribution in [0.5, 0.6) is 0 Å². The molecule has 0 aliphatic heterocycles. The smallest absolute Gasteiger partial charge is 0.279 e. The summed E-state index contributed by atoms with van der Waals surface area (Å²) in [5.41, 5.74) is 4.26. The van der Waals surface area contributed by atoms with Gasteiger partial charge >= 0.3 is 0 Å². The first-order valence-corrected chi connectivity index (χ1v) is 6.69. The Morgan fingerprint density at radius 1 is 0.955 bits per heavy atom. The summed E-state index contributed by atoms with van der Waals surface area (Å²) in [5, 5.41) is 11.9. The lowest BCUT2D eigenvalue weighted by Gasteiger charge is -2.01. The van der Waals surface area contributed by atoms with Crippen LogP contribution < -0.4 is 11.0 Å². The fraction of sp³-hybridized carbons (Fsp3) is 0.